The number of ether oxygens (including phenoxy) is 1. The number of carbonyl (C=O) groups is 2. The van der Waals surface area contributed by atoms with Gasteiger partial charge in [0.15, 0.2) is 6.61 Å². The van der Waals surface area contributed by atoms with Crippen LogP contribution in [0.25, 0.3) is 0 Å². The van der Waals surface area contributed by atoms with E-state index < -0.39 is 0 Å². The summed E-state index contributed by atoms with van der Waals surface area (Å²) in [5.41, 5.74) is 0.712. The van der Waals surface area contributed by atoms with E-state index in [1.54, 1.807) is 24.3 Å². The molecular formula is C17H24N2O3. The summed E-state index contributed by atoms with van der Waals surface area (Å²) in [6.07, 6.45) is 3.29. The molecule has 2 rings (SSSR count). The van der Waals surface area contributed by atoms with Gasteiger partial charge in [-0.25, -0.2) is 0 Å². The maximum atomic E-state index is 12.3. The number of hydrogen-bond acceptors (Lipinski definition) is 3. The van der Waals surface area contributed by atoms with Crippen LogP contribution < -0.4 is 10.1 Å². The van der Waals surface area contributed by atoms with E-state index >= 15 is 0 Å². The second kappa shape index (κ2) is 7.29. The number of amides is 2. The van der Waals surface area contributed by atoms with Crippen LogP contribution in [0.4, 0.5) is 5.69 Å². The van der Waals surface area contributed by atoms with Crippen LogP contribution in [-0.4, -0.2) is 35.4 Å². The van der Waals surface area contributed by atoms with E-state index in [9.17, 15) is 9.59 Å². The van der Waals surface area contributed by atoms with Gasteiger partial charge in [-0.15, -0.1) is 0 Å². The van der Waals surface area contributed by atoms with Crippen LogP contribution in [0.5, 0.6) is 5.75 Å². The van der Waals surface area contributed by atoms with Gasteiger partial charge < -0.3 is 15.0 Å². The molecule has 1 aromatic carbocycles. The van der Waals surface area contributed by atoms with E-state index in [0.717, 1.165) is 12.8 Å². The van der Waals surface area contributed by atoms with Crippen LogP contribution in [0.3, 0.4) is 0 Å². The molecule has 0 bridgehead atoms. The van der Waals surface area contributed by atoms with Crippen LogP contribution in [0, 0.1) is 0 Å². The fraction of sp³-hybridized carbons (Fsp3) is 0.529. The van der Waals surface area contributed by atoms with Crippen molar-refractivity contribution in [1.82, 2.24) is 4.90 Å². The number of anilines is 1. The fourth-order valence-corrected chi connectivity index (χ4v) is 2.97. The molecule has 0 aromatic heterocycles. The lowest BCUT2D eigenvalue weighted by molar-refractivity contribution is -0.139. The van der Waals surface area contributed by atoms with Gasteiger partial charge >= 0.3 is 0 Å². The first-order valence-corrected chi connectivity index (χ1v) is 7.79. The van der Waals surface area contributed by atoms with E-state index in [1.165, 1.54) is 13.3 Å². The summed E-state index contributed by atoms with van der Waals surface area (Å²) in [5.74, 6) is 0.544. The zero-order valence-corrected chi connectivity index (χ0v) is 13.5. The number of carbonyl (C=O) groups excluding carboxylic acids is 2. The van der Waals surface area contributed by atoms with Gasteiger partial charge in [-0.3, -0.25) is 9.59 Å². The monoisotopic (exact) mass is 304 g/mol. The molecule has 0 saturated carbocycles. The third kappa shape index (κ3) is 4.23. The third-order valence-corrected chi connectivity index (χ3v) is 4.02. The minimum Gasteiger partial charge on any atom is -0.484 e. The van der Waals surface area contributed by atoms with Crippen LogP contribution in [0.2, 0.25) is 0 Å². The summed E-state index contributed by atoms with van der Waals surface area (Å²) in [6, 6.07) is 7.58. The number of hydrogen-bond donors (Lipinski definition) is 1. The molecule has 1 aliphatic rings. The van der Waals surface area contributed by atoms with Gasteiger partial charge in [0.25, 0.3) is 5.91 Å². The van der Waals surface area contributed by atoms with Gasteiger partial charge in [-0.05, 0) is 57.4 Å². The molecule has 22 heavy (non-hydrogen) atoms. The summed E-state index contributed by atoms with van der Waals surface area (Å²) in [5, 5.41) is 2.69. The minimum absolute atomic E-state index is 0.0330. The van der Waals surface area contributed by atoms with Crippen LogP contribution >= 0.6 is 0 Å². The molecule has 5 nitrogen and oxygen atoms in total. The smallest absolute Gasteiger partial charge is 0.260 e. The average Bonchev–Trinajstić information content (AvgIpc) is 2.46. The van der Waals surface area contributed by atoms with Crippen molar-refractivity contribution in [3.63, 3.8) is 0 Å². The Bertz CT molecular complexity index is 517. The lowest BCUT2D eigenvalue weighted by atomic mass is 9.97. The molecule has 5 heteroatoms. The van der Waals surface area contributed by atoms with Gasteiger partial charge in [0, 0.05) is 24.7 Å². The summed E-state index contributed by atoms with van der Waals surface area (Å²) in [6.45, 7) is 5.70. The van der Waals surface area contributed by atoms with E-state index in [0.29, 0.717) is 11.4 Å². The second-order valence-corrected chi connectivity index (χ2v) is 5.92. The Morgan fingerprint density at radius 2 is 1.77 bits per heavy atom. The number of piperidine rings is 1. The predicted molar refractivity (Wildman–Crippen MR) is 85.9 cm³/mol. The first-order chi connectivity index (χ1) is 10.5. The molecule has 2 amide bonds. The van der Waals surface area contributed by atoms with Crippen molar-refractivity contribution in [2.75, 3.05) is 11.9 Å². The van der Waals surface area contributed by atoms with E-state index in [-0.39, 0.29) is 30.5 Å². The van der Waals surface area contributed by atoms with E-state index in [4.69, 9.17) is 4.74 Å². The van der Waals surface area contributed by atoms with Crippen molar-refractivity contribution in [3.05, 3.63) is 24.3 Å². The number of nitrogens with zero attached hydrogens (tertiary/aromatic N) is 1. The summed E-state index contributed by atoms with van der Waals surface area (Å²) in [7, 11) is 0. The van der Waals surface area contributed by atoms with Crippen molar-refractivity contribution in [2.45, 2.75) is 52.1 Å². The quantitative estimate of drug-likeness (QED) is 0.930. The molecule has 1 fully saturated rings. The van der Waals surface area contributed by atoms with Crippen molar-refractivity contribution in [1.29, 1.82) is 0 Å². The van der Waals surface area contributed by atoms with Crippen LogP contribution in [0.15, 0.2) is 24.3 Å². The van der Waals surface area contributed by atoms with E-state index in [1.807, 2.05) is 4.90 Å². The van der Waals surface area contributed by atoms with Crippen molar-refractivity contribution in [2.24, 2.45) is 0 Å². The molecule has 1 saturated heterocycles. The lowest BCUT2D eigenvalue weighted by Crippen LogP contribution is -2.49. The molecule has 1 aliphatic heterocycles. The molecule has 0 radical (unpaired) electrons. The minimum atomic E-state index is -0.114. The summed E-state index contributed by atoms with van der Waals surface area (Å²) >= 11 is 0. The molecular weight excluding hydrogens is 280 g/mol. The lowest BCUT2D eigenvalue weighted by Gasteiger charge is -2.38. The molecule has 1 N–H and O–H groups in total. The van der Waals surface area contributed by atoms with Gasteiger partial charge in [-0.1, -0.05) is 0 Å². The second-order valence-electron chi connectivity index (χ2n) is 5.92. The standard InChI is InChI=1S/C17H24N2O3/c1-12-5-4-6-13(2)19(12)17(21)11-22-16-9-7-15(8-10-16)18-14(3)20/h7-10,12-13H,4-6,11H2,1-3H3,(H,18,20)/t12-,13+. The average molecular weight is 304 g/mol. The third-order valence-electron chi connectivity index (χ3n) is 4.02. The van der Waals surface area contributed by atoms with Crippen LogP contribution in [-0.2, 0) is 9.59 Å². The highest BCUT2D eigenvalue weighted by Gasteiger charge is 2.28. The maximum Gasteiger partial charge on any atom is 0.260 e. The van der Waals surface area contributed by atoms with Crippen molar-refractivity contribution >= 4 is 17.5 Å². The number of likely N-dealkylation sites (tertiary alicyclic amines) is 1. The topological polar surface area (TPSA) is 58.6 Å². The fourth-order valence-electron chi connectivity index (χ4n) is 2.97. The predicted octanol–water partition coefficient (Wildman–Crippen LogP) is 2.81. The summed E-state index contributed by atoms with van der Waals surface area (Å²) in [4.78, 5) is 25.2. The molecule has 2 atom stereocenters. The SMILES string of the molecule is CC(=O)Nc1ccc(OCC(=O)N2[C@H](C)CCC[C@@H]2C)cc1. The largest absolute Gasteiger partial charge is 0.484 e. The highest BCUT2D eigenvalue weighted by atomic mass is 16.5. The van der Waals surface area contributed by atoms with Gasteiger partial charge in [0.1, 0.15) is 5.75 Å². The van der Waals surface area contributed by atoms with Crippen LogP contribution in [0.1, 0.15) is 40.0 Å². The van der Waals surface area contributed by atoms with Gasteiger partial charge in [0.2, 0.25) is 5.91 Å². The summed E-state index contributed by atoms with van der Waals surface area (Å²) < 4.78 is 5.57. The Kier molecular flexibility index (Phi) is 5.41. The normalized spacial score (nSPS) is 21.3. The Labute approximate surface area is 131 Å². The molecule has 0 spiro atoms. The first kappa shape index (κ1) is 16.3. The molecule has 0 aliphatic carbocycles. The Hall–Kier alpha value is -2.04. The first-order valence-electron chi connectivity index (χ1n) is 7.79. The molecule has 0 unspecified atom stereocenters. The Morgan fingerprint density at radius 1 is 1.18 bits per heavy atom. The highest BCUT2D eigenvalue weighted by Crippen LogP contribution is 2.23. The molecule has 1 aromatic rings. The zero-order chi connectivity index (χ0) is 16.1. The zero-order valence-electron chi connectivity index (χ0n) is 13.5. The molecule has 120 valence electrons. The van der Waals surface area contributed by atoms with Crippen molar-refractivity contribution < 1.29 is 14.3 Å². The highest BCUT2D eigenvalue weighted by molar-refractivity contribution is 5.88. The molecule has 1 heterocycles. The number of nitrogens with one attached hydrogen (secondary N) is 1. The van der Waals surface area contributed by atoms with Crippen molar-refractivity contribution in [3.8, 4) is 5.75 Å². The number of rotatable bonds is 4. The number of benzene rings is 1. The Balaban J connectivity index is 1.89. The van der Waals surface area contributed by atoms with Gasteiger partial charge in [-0.2, -0.15) is 0 Å². The van der Waals surface area contributed by atoms with Gasteiger partial charge in [0.05, 0.1) is 0 Å². The maximum absolute atomic E-state index is 12.3. The van der Waals surface area contributed by atoms with E-state index in [2.05, 4.69) is 19.2 Å². The Morgan fingerprint density at radius 3 is 2.32 bits per heavy atom.